The van der Waals surface area contributed by atoms with Gasteiger partial charge in [0.15, 0.2) is 5.03 Å². The smallest absolute Gasteiger partial charge is 0.307 e. The molecule has 0 bridgehead atoms. The van der Waals surface area contributed by atoms with Crippen molar-refractivity contribution in [3.8, 4) is 0 Å². The third-order valence-corrected chi connectivity index (χ3v) is 6.60. The molecule has 0 fully saturated rings. The predicted octanol–water partition coefficient (Wildman–Crippen LogP) is 4.33. The van der Waals surface area contributed by atoms with Crippen molar-refractivity contribution in [1.82, 2.24) is 19.4 Å². The maximum absolute atomic E-state index is 14.1. The average Bonchev–Trinajstić information content (AvgIpc) is 3.04. The molecule has 0 aliphatic heterocycles. The molecule has 2 amide bonds. The maximum atomic E-state index is 14.1. The van der Waals surface area contributed by atoms with Gasteiger partial charge in [-0.05, 0) is 55.6 Å². The zero-order valence-electron chi connectivity index (χ0n) is 20.0. The topological polar surface area (TPSA) is 96.3 Å². The number of rotatable bonds is 8. The number of aryl methyl sites for hydroxylation is 1. The molecule has 2 N–H and O–H groups in total. The van der Waals surface area contributed by atoms with E-state index in [0.29, 0.717) is 16.8 Å². The van der Waals surface area contributed by atoms with Crippen molar-refractivity contribution in [1.29, 1.82) is 0 Å². The van der Waals surface area contributed by atoms with Gasteiger partial charge >= 0.3 is 6.03 Å². The van der Waals surface area contributed by atoms with E-state index in [-0.39, 0.29) is 22.9 Å². The molecule has 2 aromatic rings. The van der Waals surface area contributed by atoms with E-state index in [1.165, 1.54) is 22.9 Å². The Morgan fingerprint density at radius 1 is 1.12 bits per heavy atom. The van der Waals surface area contributed by atoms with Crippen LogP contribution in [0.5, 0.6) is 0 Å². The fourth-order valence-corrected chi connectivity index (χ4v) is 4.66. The summed E-state index contributed by atoms with van der Waals surface area (Å²) in [5.74, 6) is -0.556. The van der Waals surface area contributed by atoms with Gasteiger partial charge in [-0.1, -0.05) is 34.6 Å². The van der Waals surface area contributed by atoms with Gasteiger partial charge < -0.3 is 10.2 Å². The Kier molecular flexibility index (Phi) is 8.06. The molecule has 1 atom stereocenters. The van der Waals surface area contributed by atoms with E-state index in [4.69, 9.17) is 0 Å². The van der Waals surface area contributed by atoms with Crippen LogP contribution >= 0.6 is 0 Å². The van der Waals surface area contributed by atoms with Crippen molar-refractivity contribution in [2.45, 2.75) is 63.9 Å². The monoisotopic (exact) mass is 467 g/mol. The van der Waals surface area contributed by atoms with Gasteiger partial charge in [0.1, 0.15) is 5.82 Å². The highest BCUT2D eigenvalue weighted by Gasteiger charge is 2.26. The molecule has 0 saturated heterocycles. The van der Waals surface area contributed by atoms with Crippen molar-refractivity contribution >= 4 is 21.7 Å². The van der Waals surface area contributed by atoms with Gasteiger partial charge in [-0.25, -0.2) is 13.9 Å². The molecular weight excluding hydrogens is 433 g/mol. The maximum Gasteiger partial charge on any atom is 0.333 e. The molecule has 0 saturated carbocycles. The van der Waals surface area contributed by atoms with Gasteiger partial charge in [-0.3, -0.25) is 4.68 Å². The Morgan fingerprint density at radius 2 is 1.66 bits per heavy atom. The molecular formula is C22H34FN5O3S. The van der Waals surface area contributed by atoms with Crippen LogP contribution < -0.4 is 10.0 Å². The molecule has 1 aromatic carbocycles. The lowest BCUT2D eigenvalue weighted by Gasteiger charge is -2.22. The standard InChI is InChI=1S/C22H34FN5O3S/c1-9-18(27(6)7)19-12-20(25-28(19)8)32(30,31)26-22(29)24-21-16(13(2)3)10-15(23)11-17(21)14(4)5/h10-14,18H,9H2,1-8H3,(H2,24,26,29). The fourth-order valence-electron chi connectivity index (χ4n) is 3.75. The molecule has 0 spiro atoms. The van der Waals surface area contributed by atoms with Crippen LogP contribution in [0.25, 0.3) is 0 Å². The number of carbonyl (C=O) groups excluding carboxylic acids is 1. The SMILES string of the molecule is CCC(c1cc(S(=O)(=O)NC(=O)Nc2c(C(C)C)cc(F)cc2C(C)C)nn1C)N(C)C. The third-order valence-electron chi connectivity index (χ3n) is 5.39. The van der Waals surface area contributed by atoms with Gasteiger partial charge in [-0.2, -0.15) is 13.5 Å². The summed E-state index contributed by atoms with van der Waals surface area (Å²) in [7, 11) is 1.27. The summed E-state index contributed by atoms with van der Waals surface area (Å²) in [5, 5.41) is 6.50. The second-order valence-electron chi connectivity index (χ2n) is 8.75. The highest BCUT2D eigenvalue weighted by molar-refractivity contribution is 7.90. The normalized spacial score (nSPS) is 13.1. The van der Waals surface area contributed by atoms with Gasteiger partial charge in [0.2, 0.25) is 0 Å². The number of sulfonamides is 1. The van der Waals surface area contributed by atoms with Crippen LogP contribution in [0.1, 0.15) is 75.7 Å². The number of nitrogens with zero attached hydrogens (tertiary/aromatic N) is 3. The minimum Gasteiger partial charge on any atom is -0.307 e. The van der Waals surface area contributed by atoms with E-state index < -0.39 is 21.9 Å². The number of benzene rings is 1. The molecule has 32 heavy (non-hydrogen) atoms. The largest absolute Gasteiger partial charge is 0.333 e. The lowest BCUT2D eigenvalue weighted by Crippen LogP contribution is -2.35. The number of anilines is 1. The summed E-state index contributed by atoms with van der Waals surface area (Å²) in [4.78, 5) is 14.7. The Hall–Kier alpha value is -2.46. The summed E-state index contributed by atoms with van der Waals surface area (Å²) in [5.41, 5.74) is 2.33. The first-order valence-corrected chi connectivity index (χ1v) is 12.1. The molecule has 0 aliphatic carbocycles. The van der Waals surface area contributed by atoms with Crippen LogP contribution in [0.2, 0.25) is 0 Å². The van der Waals surface area contributed by atoms with Crippen molar-refractivity contribution in [2.75, 3.05) is 19.4 Å². The van der Waals surface area contributed by atoms with Crippen LogP contribution in [0.3, 0.4) is 0 Å². The first-order chi connectivity index (χ1) is 14.8. The van der Waals surface area contributed by atoms with Crippen molar-refractivity contribution in [3.05, 3.63) is 40.8 Å². The number of hydrogen-bond donors (Lipinski definition) is 2. The quantitative estimate of drug-likeness (QED) is 0.602. The lowest BCUT2D eigenvalue weighted by atomic mass is 9.92. The van der Waals surface area contributed by atoms with E-state index in [1.807, 2.05) is 58.3 Å². The second-order valence-corrected chi connectivity index (χ2v) is 10.4. The van der Waals surface area contributed by atoms with Gasteiger partial charge in [0.25, 0.3) is 10.0 Å². The molecule has 8 nitrogen and oxygen atoms in total. The average molecular weight is 468 g/mol. The summed E-state index contributed by atoms with van der Waals surface area (Å²) in [6.45, 7) is 9.51. The van der Waals surface area contributed by atoms with Crippen molar-refractivity contribution in [2.24, 2.45) is 7.05 Å². The van der Waals surface area contributed by atoms with Crippen LogP contribution in [-0.2, 0) is 17.1 Å². The van der Waals surface area contributed by atoms with E-state index in [2.05, 4.69) is 10.4 Å². The molecule has 0 aliphatic rings. The molecule has 10 heteroatoms. The molecule has 1 aromatic heterocycles. The lowest BCUT2D eigenvalue weighted by molar-refractivity contribution is 0.256. The first kappa shape index (κ1) is 25.8. The number of nitrogens with one attached hydrogen (secondary N) is 2. The van der Waals surface area contributed by atoms with Crippen molar-refractivity contribution < 1.29 is 17.6 Å². The van der Waals surface area contributed by atoms with Crippen molar-refractivity contribution in [3.63, 3.8) is 0 Å². The zero-order chi connectivity index (χ0) is 24.4. The van der Waals surface area contributed by atoms with E-state index in [0.717, 1.165) is 12.1 Å². The Bertz CT molecular complexity index is 1050. The highest BCUT2D eigenvalue weighted by Crippen LogP contribution is 2.33. The molecule has 178 valence electrons. The van der Waals surface area contributed by atoms with E-state index in [1.54, 1.807) is 7.05 Å². The number of amides is 2. The number of urea groups is 1. The van der Waals surface area contributed by atoms with Gasteiger partial charge in [-0.15, -0.1) is 0 Å². The first-order valence-electron chi connectivity index (χ1n) is 10.7. The minimum atomic E-state index is -4.21. The van der Waals surface area contributed by atoms with Crippen LogP contribution in [0, 0.1) is 5.82 Å². The fraction of sp³-hybridized carbons (Fsp3) is 0.545. The third kappa shape index (κ3) is 5.66. The van der Waals surface area contributed by atoms with Gasteiger partial charge in [0.05, 0.1) is 11.7 Å². The molecule has 2 rings (SSSR count). The Labute approximate surface area is 190 Å². The van der Waals surface area contributed by atoms with Crippen LogP contribution in [0.15, 0.2) is 23.2 Å². The number of aromatic nitrogens is 2. The predicted molar refractivity (Wildman–Crippen MR) is 124 cm³/mol. The Morgan fingerprint density at radius 3 is 2.09 bits per heavy atom. The van der Waals surface area contributed by atoms with E-state index >= 15 is 0 Å². The van der Waals surface area contributed by atoms with Crippen LogP contribution in [0.4, 0.5) is 14.9 Å². The molecule has 1 unspecified atom stereocenters. The molecule has 0 radical (unpaired) electrons. The zero-order valence-corrected chi connectivity index (χ0v) is 20.8. The molecule has 1 heterocycles. The number of halogens is 1. The minimum absolute atomic E-state index is 0.0216. The van der Waals surface area contributed by atoms with Crippen LogP contribution in [-0.4, -0.2) is 43.2 Å². The number of carbonyl (C=O) groups is 1. The Balaban J connectivity index is 2.35. The summed E-state index contributed by atoms with van der Waals surface area (Å²) in [6, 6.07) is 3.25. The summed E-state index contributed by atoms with van der Waals surface area (Å²) >= 11 is 0. The second kappa shape index (κ2) is 9.99. The number of hydrogen-bond acceptors (Lipinski definition) is 5. The van der Waals surface area contributed by atoms with Gasteiger partial charge in [0, 0.05) is 18.8 Å². The summed E-state index contributed by atoms with van der Waals surface area (Å²) < 4.78 is 43.4. The highest BCUT2D eigenvalue weighted by atomic mass is 32.2. The van der Waals surface area contributed by atoms with E-state index in [9.17, 15) is 17.6 Å². The summed E-state index contributed by atoms with van der Waals surface area (Å²) in [6.07, 6.45) is 0.764.